The Morgan fingerprint density at radius 1 is 1.14 bits per heavy atom. The third-order valence-electron chi connectivity index (χ3n) is 2.89. The summed E-state index contributed by atoms with van der Waals surface area (Å²) in [5.74, 6) is 0.800. The minimum atomic E-state index is -0.375. The molecule has 3 rings (SSSR count). The monoisotopic (exact) mass is 347 g/mol. The highest BCUT2D eigenvalue weighted by Crippen LogP contribution is 2.33. The van der Waals surface area contributed by atoms with Gasteiger partial charge in [0.25, 0.3) is 0 Å². The van der Waals surface area contributed by atoms with Crippen LogP contribution in [-0.2, 0) is 0 Å². The predicted octanol–water partition coefficient (Wildman–Crippen LogP) is 4.37. The Morgan fingerprint density at radius 3 is 2.76 bits per heavy atom. The van der Waals surface area contributed by atoms with Crippen LogP contribution < -0.4 is 10.1 Å². The molecule has 2 aromatic carbocycles. The van der Waals surface area contributed by atoms with E-state index in [0.29, 0.717) is 22.1 Å². The molecule has 1 aromatic heterocycles. The lowest BCUT2D eigenvalue weighted by Gasteiger charge is -2.10. The normalized spacial score (nSPS) is 10.6. The van der Waals surface area contributed by atoms with E-state index >= 15 is 0 Å². The van der Waals surface area contributed by atoms with Crippen LogP contribution in [0.2, 0.25) is 0 Å². The molecule has 4 nitrogen and oxygen atoms in total. The number of rotatable bonds is 3. The molecule has 1 heterocycles. The zero-order valence-corrected chi connectivity index (χ0v) is 12.7. The van der Waals surface area contributed by atoms with Gasteiger partial charge in [-0.1, -0.05) is 12.1 Å². The number of aromatic nitrogens is 2. The third-order valence-corrected chi connectivity index (χ3v) is 3.55. The van der Waals surface area contributed by atoms with Gasteiger partial charge in [-0.25, -0.2) is 9.37 Å². The fourth-order valence-corrected chi connectivity index (χ4v) is 2.22. The maximum atomic E-state index is 13.4. The van der Waals surface area contributed by atoms with Crippen LogP contribution in [0.15, 0.2) is 46.9 Å². The summed E-state index contributed by atoms with van der Waals surface area (Å²) in [4.78, 5) is 8.65. The lowest BCUT2D eigenvalue weighted by molar-refractivity contribution is 0.461. The number of halogens is 2. The van der Waals surface area contributed by atoms with Gasteiger partial charge in [0.2, 0.25) is 11.8 Å². The number of benzene rings is 2. The van der Waals surface area contributed by atoms with Gasteiger partial charge in [-0.3, -0.25) is 0 Å². The summed E-state index contributed by atoms with van der Waals surface area (Å²) in [5, 5.41) is 3.64. The van der Waals surface area contributed by atoms with Crippen LogP contribution in [0, 0.1) is 5.82 Å². The predicted molar refractivity (Wildman–Crippen MR) is 83.3 cm³/mol. The SMILES string of the molecule is CNc1nc(Oc2cc(F)ccc2Br)c2ccccc2n1. The first-order chi connectivity index (χ1) is 10.2. The Kier molecular flexibility index (Phi) is 3.70. The number of nitrogens with one attached hydrogen (secondary N) is 1. The number of nitrogens with zero attached hydrogens (tertiary/aromatic N) is 2. The van der Waals surface area contributed by atoms with E-state index in [1.165, 1.54) is 12.1 Å². The molecule has 0 saturated heterocycles. The van der Waals surface area contributed by atoms with Crippen molar-refractivity contribution >= 4 is 32.8 Å². The van der Waals surface area contributed by atoms with E-state index in [9.17, 15) is 4.39 Å². The summed E-state index contributed by atoms with van der Waals surface area (Å²) in [6, 6.07) is 11.7. The number of anilines is 1. The maximum absolute atomic E-state index is 13.4. The van der Waals surface area contributed by atoms with Gasteiger partial charge in [-0.05, 0) is 40.2 Å². The van der Waals surface area contributed by atoms with E-state index < -0.39 is 0 Å². The van der Waals surface area contributed by atoms with Gasteiger partial charge in [0.15, 0.2) is 0 Å². The first-order valence-corrected chi connectivity index (χ1v) is 7.04. The Labute approximate surface area is 129 Å². The summed E-state index contributed by atoms with van der Waals surface area (Å²) < 4.78 is 19.8. The molecule has 0 spiro atoms. The molecule has 0 fully saturated rings. The quantitative estimate of drug-likeness (QED) is 0.764. The van der Waals surface area contributed by atoms with Gasteiger partial charge in [-0.15, -0.1) is 0 Å². The second kappa shape index (κ2) is 5.65. The number of hydrogen-bond acceptors (Lipinski definition) is 4. The highest BCUT2D eigenvalue weighted by Gasteiger charge is 2.11. The van der Waals surface area contributed by atoms with Crippen molar-refractivity contribution in [2.45, 2.75) is 0 Å². The molecule has 21 heavy (non-hydrogen) atoms. The lowest BCUT2D eigenvalue weighted by atomic mass is 10.2. The van der Waals surface area contributed by atoms with Crippen LogP contribution in [0.3, 0.4) is 0 Å². The summed E-state index contributed by atoms with van der Waals surface area (Å²) in [6.45, 7) is 0. The minimum Gasteiger partial charge on any atom is -0.437 e. The van der Waals surface area contributed by atoms with E-state index in [4.69, 9.17) is 4.74 Å². The highest BCUT2D eigenvalue weighted by atomic mass is 79.9. The van der Waals surface area contributed by atoms with Crippen molar-refractivity contribution in [3.8, 4) is 11.6 Å². The van der Waals surface area contributed by atoms with Crippen LogP contribution in [0.25, 0.3) is 10.9 Å². The van der Waals surface area contributed by atoms with Gasteiger partial charge in [0.1, 0.15) is 11.6 Å². The van der Waals surface area contributed by atoms with Crippen LogP contribution in [0.4, 0.5) is 10.3 Å². The zero-order valence-electron chi connectivity index (χ0n) is 11.1. The standard InChI is InChI=1S/C15H11BrFN3O/c1-18-15-19-12-5-3-2-4-10(12)14(20-15)21-13-8-9(17)6-7-11(13)16/h2-8H,1H3,(H,18,19,20). The van der Waals surface area contributed by atoms with Crippen molar-refractivity contribution in [1.29, 1.82) is 0 Å². The van der Waals surface area contributed by atoms with Crippen LogP contribution >= 0.6 is 15.9 Å². The molecule has 0 saturated carbocycles. The molecule has 0 aliphatic carbocycles. The number of hydrogen-bond donors (Lipinski definition) is 1. The smallest absolute Gasteiger partial charge is 0.232 e. The Morgan fingerprint density at radius 2 is 1.95 bits per heavy atom. The average Bonchev–Trinajstić information content (AvgIpc) is 2.50. The third kappa shape index (κ3) is 2.80. The van der Waals surface area contributed by atoms with Crippen molar-refractivity contribution in [1.82, 2.24) is 9.97 Å². The first-order valence-electron chi connectivity index (χ1n) is 6.25. The molecule has 6 heteroatoms. The van der Waals surface area contributed by atoms with Crippen molar-refractivity contribution < 1.29 is 9.13 Å². The van der Waals surface area contributed by atoms with Gasteiger partial charge in [0, 0.05) is 13.1 Å². The minimum absolute atomic E-state index is 0.362. The van der Waals surface area contributed by atoms with Crippen LogP contribution in [-0.4, -0.2) is 17.0 Å². The molecule has 0 unspecified atom stereocenters. The molecule has 1 N–H and O–H groups in total. The molecular formula is C15H11BrFN3O. The van der Waals surface area contributed by atoms with E-state index in [1.807, 2.05) is 24.3 Å². The van der Waals surface area contributed by atoms with Crippen molar-refractivity contribution in [3.63, 3.8) is 0 Å². The molecule has 0 atom stereocenters. The number of para-hydroxylation sites is 1. The molecule has 0 bridgehead atoms. The zero-order chi connectivity index (χ0) is 14.8. The highest BCUT2D eigenvalue weighted by molar-refractivity contribution is 9.10. The lowest BCUT2D eigenvalue weighted by Crippen LogP contribution is -1.99. The van der Waals surface area contributed by atoms with E-state index in [-0.39, 0.29) is 5.82 Å². The maximum Gasteiger partial charge on any atom is 0.232 e. The van der Waals surface area contributed by atoms with E-state index in [2.05, 4.69) is 31.2 Å². The second-order valence-corrected chi connectivity index (χ2v) is 5.15. The second-order valence-electron chi connectivity index (χ2n) is 4.30. The van der Waals surface area contributed by atoms with Crippen molar-refractivity contribution in [3.05, 3.63) is 52.8 Å². The topological polar surface area (TPSA) is 47.0 Å². The van der Waals surface area contributed by atoms with Gasteiger partial charge in [0.05, 0.1) is 15.4 Å². The summed E-state index contributed by atoms with van der Waals surface area (Å²) in [6.07, 6.45) is 0. The molecule has 0 radical (unpaired) electrons. The number of fused-ring (bicyclic) bond motifs is 1. The molecule has 106 valence electrons. The molecule has 0 aliphatic heterocycles. The average molecular weight is 348 g/mol. The Balaban J connectivity index is 2.13. The summed E-state index contributed by atoms with van der Waals surface area (Å²) >= 11 is 3.34. The van der Waals surface area contributed by atoms with Crippen molar-refractivity contribution in [2.24, 2.45) is 0 Å². The van der Waals surface area contributed by atoms with Gasteiger partial charge < -0.3 is 10.1 Å². The Bertz CT molecular complexity index is 810. The number of ether oxygens (including phenoxy) is 1. The molecular weight excluding hydrogens is 337 g/mol. The fourth-order valence-electron chi connectivity index (χ4n) is 1.90. The first kappa shape index (κ1) is 13.8. The largest absolute Gasteiger partial charge is 0.437 e. The van der Waals surface area contributed by atoms with Crippen LogP contribution in [0.5, 0.6) is 11.6 Å². The summed E-state index contributed by atoms with van der Waals surface area (Å²) in [7, 11) is 1.73. The van der Waals surface area contributed by atoms with Crippen molar-refractivity contribution in [2.75, 3.05) is 12.4 Å². The molecule has 3 aromatic rings. The fraction of sp³-hybridized carbons (Fsp3) is 0.0667. The molecule has 0 amide bonds. The molecule has 0 aliphatic rings. The van der Waals surface area contributed by atoms with E-state index in [1.54, 1.807) is 13.1 Å². The van der Waals surface area contributed by atoms with E-state index in [0.717, 1.165) is 10.9 Å². The van der Waals surface area contributed by atoms with Crippen LogP contribution in [0.1, 0.15) is 0 Å². The van der Waals surface area contributed by atoms with Gasteiger partial charge >= 0.3 is 0 Å². The summed E-state index contributed by atoms with van der Waals surface area (Å²) in [5.41, 5.74) is 0.749. The Hall–Kier alpha value is -2.21. The van der Waals surface area contributed by atoms with Gasteiger partial charge in [-0.2, -0.15) is 4.98 Å².